The molecule has 2 aliphatic heterocycles. The highest BCUT2D eigenvalue weighted by molar-refractivity contribution is 5.90. The van der Waals surface area contributed by atoms with Gasteiger partial charge in [0.15, 0.2) is 23.4 Å². The third-order valence-corrected chi connectivity index (χ3v) is 8.68. The molecule has 0 amide bonds. The lowest BCUT2D eigenvalue weighted by Crippen LogP contribution is -2.76. The summed E-state index contributed by atoms with van der Waals surface area (Å²) in [6.45, 7) is 7.57. The number of hydrogen-bond acceptors (Lipinski definition) is 6. The van der Waals surface area contributed by atoms with Gasteiger partial charge >= 0.3 is 5.97 Å². The van der Waals surface area contributed by atoms with Gasteiger partial charge in [0.25, 0.3) is 0 Å². The molecule has 2 heterocycles. The zero-order valence-corrected chi connectivity index (χ0v) is 20.3. The SMILES string of the molecule is C=CCN1CCC23c4c5ccc(OC(=O)CCCCCCCC)c4OC2C(=O)CCC3(O)C1C5. The average molecular weight is 468 g/mol. The van der Waals surface area contributed by atoms with Gasteiger partial charge in [0.2, 0.25) is 0 Å². The van der Waals surface area contributed by atoms with Crippen LogP contribution in [-0.2, 0) is 21.4 Å². The molecule has 4 atom stereocenters. The van der Waals surface area contributed by atoms with Crippen LogP contribution in [0.3, 0.4) is 0 Å². The number of unbranched alkanes of at least 4 members (excludes halogenated alkanes) is 5. The molecule has 0 aromatic heterocycles. The molecule has 1 saturated carbocycles. The van der Waals surface area contributed by atoms with Crippen molar-refractivity contribution in [3.8, 4) is 11.5 Å². The molecular weight excluding hydrogens is 430 g/mol. The summed E-state index contributed by atoms with van der Waals surface area (Å²) in [5.41, 5.74) is 0.181. The molecule has 1 aromatic carbocycles. The van der Waals surface area contributed by atoms with E-state index in [1.807, 2.05) is 18.2 Å². The first kappa shape index (κ1) is 23.6. The molecule has 1 saturated heterocycles. The van der Waals surface area contributed by atoms with E-state index in [0.717, 1.165) is 36.9 Å². The number of likely N-dealkylation sites (tertiary alicyclic amines) is 1. The first-order chi connectivity index (χ1) is 16.5. The van der Waals surface area contributed by atoms with Gasteiger partial charge in [-0.1, -0.05) is 51.2 Å². The van der Waals surface area contributed by atoms with Gasteiger partial charge in [-0.15, -0.1) is 6.58 Å². The summed E-state index contributed by atoms with van der Waals surface area (Å²) in [5.74, 6) is 0.663. The Bertz CT molecular complexity index is 989. The van der Waals surface area contributed by atoms with Crippen LogP contribution in [0.4, 0.5) is 0 Å². The Morgan fingerprint density at radius 1 is 1.26 bits per heavy atom. The van der Waals surface area contributed by atoms with Gasteiger partial charge in [-0.05, 0) is 37.3 Å². The fraction of sp³-hybridized carbons (Fsp3) is 0.643. The van der Waals surface area contributed by atoms with Crippen molar-refractivity contribution >= 4 is 11.8 Å². The molecule has 1 spiro atoms. The summed E-state index contributed by atoms with van der Waals surface area (Å²) in [5, 5.41) is 12.2. The molecule has 0 radical (unpaired) electrons. The standard InChI is InChI=1S/C28H37NO5/c1-3-5-6-7-8-9-10-23(31)33-21-12-11-19-18-22-28(32)14-13-20(30)26-27(28,24(19)25(21)34-26)15-17-29(22)16-4-2/h4,11-12,22,26,32H,2-3,5-10,13-18H2,1H3. The van der Waals surface area contributed by atoms with Crippen LogP contribution >= 0.6 is 0 Å². The molecule has 4 unspecified atom stereocenters. The zero-order valence-electron chi connectivity index (χ0n) is 20.3. The number of ether oxygens (including phenoxy) is 2. The average Bonchev–Trinajstić information content (AvgIpc) is 3.18. The normalized spacial score (nSPS) is 31.1. The highest BCUT2D eigenvalue weighted by Gasteiger charge is 2.73. The van der Waals surface area contributed by atoms with Gasteiger partial charge < -0.3 is 14.6 Å². The Labute approximate surface area is 202 Å². The topological polar surface area (TPSA) is 76.1 Å². The number of ketones is 1. The van der Waals surface area contributed by atoms with Crippen LogP contribution in [0, 0.1) is 0 Å². The number of hydrogen-bond donors (Lipinski definition) is 1. The van der Waals surface area contributed by atoms with E-state index in [0.29, 0.717) is 50.1 Å². The van der Waals surface area contributed by atoms with E-state index >= 15 is 0 Å². The molecule has 184 valence electrons. The number of aliphatic hydroxyl groups is 1. The highest BCUT2D eigenvalue weighted by atomic mass is 16.6. The van der Waals surface area contributed by atoms with Gasteiger partial charge in [0.05, 0.1) is 11.0 Å². The predicted molar refractivity (Wildman–Crippen MR) is 129 cm³/mol. The summed E-state index contributed by atoms with van der Waals surface area (Å²) in [7, 11) is 0. The number of carbonyl (C=O) groups is 2. The van der Waals surface area contributed by atoms with Crippen molar-refractivity contribution in [2.45, 2.75) is 101 Å². The Kier molecular flexibility index (Phi) is 6.32. The molecule has 34 heavy (non-hydrogen) atoms. The lowest BCUT2D eigenvalue weighted by molar-refractivity contribution is -0.187. The predicted octanol–water partition coefficient (Wildman–Crippen LogP) is 4.25. The first-order valence-corrected chi connectivity index (χ1v) is 13.1. The third-order valence-electron chi connectivity index (χ3n) is 8.68. The maximum Gasteiger partial charge on any atom is 0.311 e. The summed E-state index contributed by atoms with van der Waals surface area (Å²) in [4.78, 5) is 28.0. The van der Waals surface area contributed by atoms with E-state index in [9.17, 15) is 14.7 Å². The van der Waals surface area contributed by atoms with Crippen LogP contribution in [0.5, 0.6) is 11.5 Å². The van der Waals surface area contributed by atoms with E-state index in [2.05, 4.69) is 18.4 Å². The summed E-state index contributed by atoms with van der Waals surface area (Å²) in [6.07, 6.45) is 10.2. The summed E-state index contributed by atoms with van der Waals surface area (Å²) >= 11 is 0. The Morgan fingerprint density at radius 3 is 2.85 bits per heavy atom. The number of carbonyl (C=O) groups excluding carboxylic acids is 2. The number of Topliss-reactive ketones (excluding diaryl/α,β-unsaturated/α-hetero) is 1. The number of rotatable bonds is 10. The Hall–Kier alpha value is -2.18. The van der Waals surface area contributed by atoms with Crippen molar-refractivity contribution in [3.63, 3.8) is 0 Å². The van der Waals surface area contributed by atoms with Crippen molar-refractivity contribution < 1.29 is 24.2 Å². The molecule has 1 N–H and O–H groups in total. The van der Waals surface area contributed by atoms with Crippen molar-refractivity contribution in [1.82, 2.24) is 4.90 Å². The van der Waals surface area contributed by atoms with Crippen LogP contribution < -0.4 is 9.47 Å². The molecule has 2 bridgehead atoms. The second-order valence-electron chi connectivity index (χ2n) is 10.5. The molecule has 1 aromatic rings. The highest BCUT2D eigenvalue weighted by Crippen LogP contribution is 2.64. The fourth-order valence-electron chi connectivity index (χ4n) is 7.09. The van der Waals surface area contributed by atoms with Gasteiger partial charge in [-0.2, -0.15) is 0 Å². The molecule has 4 aliphatic rings. The van der Waals surface area contributed by atoms with Crippen LogP contribution in [-0.4, -0.2) is 52.6 Å². The molecule has 6 nitrogen and oxygen atoms in total. The molecular formula is C28H37NO5. The van der Waals surface area contributed by atoms with Crippen LogP contribution in [0.25, 0.3) is 0 Å². The van der Waals surface area contributed by atoms with E-state index < -0.39 is 17.1 Å². The molecule has 2 fully saturated rings. The Balaban J connectivity index is 1.42. The Morgan fingerprint density at radius 2 is 2.06 bits per heavy atom. The van der Waals surface area contributed by atoms with Gasteiger partial charge in [-0.25, -0.2) is 0 Å². The third kappa shape index (κ3) is 3.44. The van der Waals surface area contributed by atoms with Gasteiger partial charge in [0.1, 0.15) is 0 Å². The van der Waals surface area contributed by atoms with Crippen molar-refractivity contribution in [2.75, 3.05) is 13.1 Å². The summed E-state index contributed by atoms with van der Waals surface area (Å²) < 4.78 is 12.1. The van der Waals surface area contributed by atoms with E-state index in [1.165, 1.54) is 19.3 Å². The second-order valence-corrected chi connectivity index (χ2v) is 10.5. The van der Waals surface area contributed by atoms with Crippen molar-refractivity contribution in [3.05, 3.63) is 35.9 Å². The summed E-state index contributed by atoms with van der Waals surface area (Å²) in [6, 6.07) is 3.73. The second kappa shape index (κ2) is 9.12. The van der Waals surface area contributed by atoms with Gasteiger partial charge in [0, 0.05) is 37.5 Å². The van der Waals surface area contributed by atoms with Crippen LogP contribution in [0.15, 0.2) is 24.8 Å². The molecule has 2 aliphatic carbocycles. The number of benzene rings is 1. The minimum absolute atomic E-state index is 0.0361. The zero-order chi connectivity index (χ0) is 23.9. The van der Waals surface area contributed by atoms with Crippen LogP contribution in [0.2, 0.25) is 0 Å². The van der Waals surface area contributed by atoms with Crippen molar-refractivity contribution in [1.29, 1.82) is 0 Å². The maximum absolute atomic E-state index is 13.1. The minimum atomic E-state index is -1.05. The van der Waals surface area contributed by atoms with E-state index in [-0.39, 0.29) is 17.8 Å². The van der Waals surface area contributed by atoms with Gasteiger partial charge in [-0.3, -0.25) is 14.5 Å². The van der Waals surface area contributed by atoms with E-state index in [1.54, 1.807) is 0 Å². The first-order valence-electron chi connectivity index (χ1n) is 13.1. The van der Waals surface area contributed by atoms with E-state index in [4.69, 9.17) is 9.47 Å². The fourth-order valence-corrected chi connectivity index (χ4v) is 7.09. The number of nitrogens with zero attached hydrogens (tertiary/aromatic N) is 1. The molecule has 5 rings (SSSR count). The lowest BCUT2D eigenvalue weighted by Gasteiger charge is -2.62. The number of esters is 1. The monoisotopic (exact) mass is 467 g/mol. The van der Waals surface area contributed by atoms with Crippen molar-refractivity contribution in [2.24, 2.45) is 0 Å². The smallest absolute Gasteiger partial charge is 0.311 e. The quantitative estimate of drug-likeness (QED) is 0.240. The maximum atomic E-state index is 13.1. The minimum Gasteiger partial charge on any atom is -0.477 e. The van der Waals surface area contributed by atoms with Crippen LogP contribution in [0.1, 0.15) is 82.3 Å². The molecule has 6 heteroatoms. The largest absolute Gasteiger partial charge is 0.477 e. The lowest BCUT2D eigenvalue weighted by atomic mass is 9.49. The number of piperidine rings is 1.